The van der Waals surface area contributed by atoms with Crippen LogP contribution < -0.4 is 0 Å². The molecule has 1 aromatic rings. The van der Waals surface area contributed by atoms with Gasteiger partial charge in [-0.2, -0.15) is 0 Å². The van der Waals surface area contributed by atoms with Gasteiger partial charge in [0.2, 0.25) is 0 Å². The average Bonchev–Trinajstić information content (AvgIpc) is 2.83. The summed E-state index contributed by atoms with van der Waals surface area (Å²) in [5, 5.41) is 20.3. The van der Waals surface area contributed by atoms with Gasteiger partial charge in [0.25, 0.3) is 11.6 Å². The van der Waals surface area contributed by atoms with Crippen LogP contribution >= 0.6 is 24.0 Å². The molecule has 2 rings (SSSR count). The summed E-state index contributed by atoms with van der Waals surface area (Å²) in [6.07, 6.45) is 3.29. The van der Waals surface area contributed by atoms with Crippen LogP contribution in [0.1, 0.15) is 31.7 Å². The van der Waals surface area contributed by atoms with E-state index in [0.29, 0.717) is 18.4 Å². The average molecular weight is 380 g/mol. The molecule has 0 spiro atoms. The highest BCUT2D eigenvalue weighted by Crippen LogP contribution is 2.35. The monoisotopic (exact) mass is 380 g/mol. The van der Waals surface area contributed by atoms with Gasteiger partial charge in [-0.25, -0.2) is 4.79 Å². The number of nitro benzene ring substituents is 1. The summed E-state index contributed by atoms with van der Waals surface area (Å²) in [6.45, 7) is 1.94. The van der Waals surface area contributed by atoms with E-state index in [9.17, 15) is 24.8 Å². The number of benzene rings is 1. The number of rotatable bonds is 7. The second kappa shape index (κ2) is 8.21. The molecule has 0 saturated carbocycles. The predicted octanol–water partition coefficient (Wildman–Crippen LogP) is 3.44. The van der Waals surface area contributed by atoms with Gasteiger partial charge in [0, 0.05) is 12.1 Å². The normalized spacial score (nSPS) is 17.2. The fourth-order valence-corrected chi connectivity index (χ4v) is 3.75. The van der Waals surface area contributed by atoms with Crippen molar-refractivity contribution in [2.75, 3.05) is 0 Å². The highest BCUT2D eigenvalue weighted by molar-refractivity contribution is 8.26. The number of non-ortho nitro benzene ring substituents is 1. The maximum Gasteiger partial charge on any atom is 0.326 e. The van der Waals surface area contributed by atoms with Crippen molar-refractivity contribution in [3.05, 3.63) is 44.8 Å². The molecule has 1 N–H and O–H groups in total. The summed E-state index contributed by atoms with van der Waals surface area (Å²) in [5.41, 5.74) is 0.394. The quantitative estimate of drug-likeness (QED) is 0.335. The number of thiocarbonyl (C=S) groups is 1. The third kappa shape index (κ3) is 4.43. The Morgan fingerprint density at radius 3 is 2.84 bits per heavy atom. The molecule has 0 aromatic heterocycles. The van der Waals surface area contributed by atoms with E-state index >= 15 is 0 Å². The Morgan fingerprint density at radius 1 is 1.52 bits per heavy atom. The van der Waals surface area contributed by atoms with Crippen molar-refractivity contribution < 1.29 is 19.6 Å². The van der Waals surface area contributed by atoms with Crippen LogP contribution in [0.25, 0.3) is 6.08 Å². The largest absolute Gasteiger partial charge is 0.480 e. The number of carboxylic acid groups (broad SMARTS) is 1. The molecule has 1 saturated heterocycles. The van der Waals surface area contributed by atoms with Crippen LogP contribution in [0.15, 0.2) is 29.2 Å². The number of hydrogen-bond donors (Lipinski definition) is 1. The van der Waals surface area contributed by atoms with E-state index in [1.165, 1.54) is 24.3 Å². The molecule has 1 aromatic carbocycles. The lowest BCUT2D eigenvalue weighted by atomic mass is 10.1. The fourth-order valence-electron chi connectivity index (χ4n) is 2.39. The molecule has 132 valence electrons. The Balaban J connectivity index is 2.29. The van der Waals surface area contributed by atoms with Crippen LogP contribution in [0.5, 0.6) is 0 Å². The number of nitrogens with zero attached hydrogens (tertiary/aromatic N) is 2. The maximum absolute atomic E-state index is 12.6. The topological polar surface area (TPSA) is 101 Å². The number of carboxylic acids is 1. The first kappa shape index (κ1) is 19.1. The van der Waals surface area contributed by atoms with Gasteiger partial charge in [0.1, 0.15) is 10.4 Å². The van der Waals surface area contributed by atoms with Gasteiger partial charge >= 0.3 is 5.97 Å². The van der Waals surface area contributed by atoms with Crippen LogP contribution in [-0.4, -0.2) is 37.2 Å². The first-order valence-electron chi connectivity index (χ1n) is 7.59. The molecule has 7 nitrogen and oxygen atoms in total. The zero-order chi connectivity index (χ0) is 18.6. The van der Waals surface area contributed by atoms with Crippen LogP contribution in [0.3, 0.4) is 0 Å². The van der Waals surface area contributed by atoms with E-state index in [1.54, 1.807) is 6.07 Å². The Morgan fingerprint density at radius 2 is 2.24 bits per heavy atom. The molecule has 1 fully saturated rings. The smallest absolute Gasteiger partial charge is 0.326 e. The van der Waals surface area contributed by atoms with Crippen LogP contribution in [-0.2, 0) is 9.59 Å². The number of thioether (sulfide) groups is 1. The number of hydrogen-bond acceptors (Lipinski definition) is 6. The summed E-state index contributed by atoms with van der Waals surface area (Å²) >= 11 is 6.19. The molecule has 0 aliphatic carbocycles. The highest BCUT2D eigenvalue weighted by atomic mass is 32.2. The number of aliphatic carboxylic acids is 1. The van der Waals surface area contributed by atoms with Crippen molar-refractivity contribution in [2.45, 2.75) is 32.2 Å². The van der Waals surface area contributed by atoms with Crippen LogP contribution in [0.2, 0.25) is 0 Å². The number of carbonyl (C=O) groups is 2. The molecular weight excluding hydrogens is 364 g/mol. The summed E-state index contributed by atoms with van der Waals surface area (Å²) < 4.78 is 0.185. The predicted molar refractivity (Wildman–Crippen MR) is 99.1 cm³/mol. The van der Waals surface area contributed by atoms with Crippen LogP contribution in [0.4, 0.5) is 5.69 Å². The lowest BCUT2D eigenvalue weighted by molar-refractivity contribution is -0.384. The Bertz CT molecular complexity index is 763. The second-order valence-corrected chi connectivity index (χ2v) is 7.08. The van der Waals surface area contributed by atoms with Gasteiger partial charge in [0.15, 0.2) is 0 Å². The van der Waals surface area contributed by atoms with E-state index in [2.05, 4.69) is 0 Å². The Kier molecular flexibility index (Phi) is 6.27. The molecule has 0 bridgehead atoms. The van der Waals surface area contributed by atoms with E-state index in [0.717, 1.165) is 23.1 Å². The molecule has 0 radical (unpaired) electrons. The zero-order valence-corrected chi connectivity index (χ0v) is 15.0. The van der Waals surface area contributed by atoms with Gasteiger partial charge in [-0.05, 0) is 18.1 Å². The maximum atomic E-state index is 12.6. The molecule has 25 heavy (non-hydrogen) atoms. The summed E-state index contributed by atoms with van der Waals surface area (Å²) in [5.74, 6) is -1.58. The number of unbranched alkanes of at least 4 members (excludes halogenated alkanes) is 1. The third-order valence-electron chi connectivity index (χ3n) is 3.63. The minimum absolute atomic E-state index is 0.0874. The highest BCUT2D eigenvalue weighted by Gasteiger charge is 2.40. The molecule has 1 aliphatic rings. The van der Waals surface area contributed by atoms with E-state index in [-0.39, 0.29) is 14.9 Å². The van der Waals surface area contributed by atoms with Gasteiger partial charge in [0.05, 0.1) is 9.83 Å². The Labute approximate surface area is 153 Å². The van der Waals surface area contributed by atoms with Gasteiger partial charge in [-0.3, -0.25) is 19.8 Å². The number of amides is 1. The molecule has 9 heteroatoms. The van der Waals surface area contributed by atoms with E-state index in [1.807, 2.05) is 6.92 Å². The van der Waals surface area contributed by atoms with Crippen molar-refractivity contribution in [3.8, 4) is 0 Å². The SMILES string of the molecule is CCCC[C@@H](C(=O)O)N1C(=O)/C(=C/c2cccc([N+](=O)[O-])c2)SC1=S. The molecular formula is C16H16N2O5S2. The standard InChI is InChI=1S/C16H16N2O5S2/c1-2-3-7-12(15(20)21)17-14(19)13(25-16(17)24)9-10-5-4-6-11(8-10)18(22)23/h4-6,8-9,12H,2-3,7H2,1H3,(H,20,21)/b13-9-/t12-/m0/s1. The van der Waals surface area contributed by atoms with Gasteiger partial charge in [-0.1, -0.05) is 55.9 Å². The molecule has 1 aliphatic heterocycles. The Hall–Kier alpha value is -2.26. The van der Waals surface area contributed by atoms with E-state index < -0.39 is 22.8 Å². The molecule has 1 amide bonds. The number of carbonyl (C=O) groups excluding carboxylic acids is 1. The first-order valence-corrected chi connectivity index (χ1v) is 8.82. The lowest BCUT2D eigenvalue weighted by Crippen LogP contribution is -2.43. The van der Waals surface area contributed by atoms with Crippen molar-refractivity contribution in [1.82, 2.24) is 4.90 Å². The molecule has 0 unspecified atom stereocenters. The molecule has 1 atom stereocenters. The second-order valence-electron chi connectivity index (χ2n) is 5.40. The first-order chi connectivity index (χ1) is 11.8. The van der Waals surface area contributed by atoms with Crippen molar-refractivity contribution >= 4 is 51.9 Å². The van der Waals surface area contributed by atoms with Crippen molar-refractivity contribution in [3.63, 3.8) is 0 Å². The van der Waals surface area contributed by atoms with E-state index in [4.69, 9.17) is 12.2 Å². The van der Waals surface area contributed by atoms with Crippen molar-refractivity contribution in [2.24, 2.45) is 0 Å². The summed E-state index contributed by atoms with van der Waals surface area (Å²) in [6, 6.07) is 4.85. The summed E-state index contributed by atoms with van der Waals surface area (Å²) in [7, 11) is 0. The fraction of sp³-hybridized carbons (Fsp3) is 0.312. The molecule has 1 heterocycles. The van der Waals surface area contributed by atoms with Gasteiger partial charge in [-0.15, -0.1) is 0 Å². The zero-order valence-electron chi connectivity index (χ0n) is 13.4. The summed E-state index contributed by atoms with van der Waals surface area (Å²) in [4.78, 5) is 35.8. The minimum atomic E-state index is -1.10. The lowest BCUT2D eigenvalue weighted by Gasteiger charge is -2.22. The van der Waals surface area contributed by atoms with Crippen LogP contribution in [0, 0.1) is 10.1 Å². The third-order valence-corrected chi connectivity index (χ3v) is 4.96. The van der Waals surface area contributed by atoms with Gasteiger partial charge < -0.3 is 5.11 Å². The number of nitro groups is 1. The van der Waals surface area contributed by atoms with Crippen molar-refractivity contribution in [1.29, 1.82) is 0 Å². The minimum Gasteiger partial charge on any atom is -0.480 e.